The summed E-state index contributed by atoms with van der Waals surface area (Å²) >= 11 is 0. The molecule has 0 bridgehead atoms. The zero-order valence-corrected chi connectivity index (χ0v) is 68.2. The summed E-state index contributed by atoms with van der Waals surface area (Å²) in [6, 6.07) is 22.6. The minimum atomic E-state index is -2.01. The normalized spacial score (nSPS) is 35.3. The Bertz CT molecular complexity index is 3120. The van der Waals surface area contributed by atoms with Crippen molar-refractivity contribution < 1.29 is 76.1 Å². The zero-order chi connectivity index (χ0) is 75.8. The lowest BCUT2D eigenvalue weighted by molar-refractivity contribution is -0.327. The standard InChI is InChI=1S/C85H136N2O16Si/c1-20-62-68(87-67(89)38-32-27-33-49-86-78(92)102-79(10,11)12)57(9)71(99-74(90)73(93-19)72(94-21-2)69(55(6)7)100-75-70(96-52-59-36-30-26-31-37-59)56(8)63(53-97-75)95-51-58-34-28-25-29-35-58)76(98-62)101-77(91)85-47-45-80(13,14)50-61(85)60-39-40-65-81(15)43-42-66(103-104(22-3,23-4)24-5)82(16,54-88)64(81)41-44-84(65,18)83(60,17)46-48-85/h25-26,28-31,34-37,39,54-57,61-66,68-76,90H,20-24,27,32-33,38,40-53H2,1-19H3,(H,86,92)(H,87,89)/t56?,57?,61?,62-,63?,64?,65?,66+,68-,69?,70?,71?,72?,73?,74+,75+,76+,81?,82-,83-,84-,85+/m1/s1. The first kappa shape index (κ1) is 83.9. The molecule has 19 heteroatoms. The molecule has 3 N–H and O–H groups in total. The Morgan fingerprint density at radius 2 is 1.40 bits per heavy atom. The van der Waals surface area contributed by atoms with Crippen LogP contribution in [-0.2, 0) is 79.4 Å². The SMILES string of the molecule is CCOC(C(O[C@@H]1OCC(OCc2ccccc2)C(C)C1OCc1ccccc1)C(C)C)C(OC)[C@@H](O)OC1C(C)[C@@H](NC(=O)CCCCCNC(=O)OC(C)(C)C)[C@@H](CC)O[C@H]1OC(=O)[C@]12CCC(C)(C)CC1C1=CCC3C4(C)CC[C@H](O[Si](CC)(CC)CC)[C@](C)(C=O)C4CC[C@@]3(C)[C@]1(C)CC2. The van der Waals surface area contributed by atoms with Gasteiger partial charge in [-0.15, -0.1) is 0 Å². The molecule has 2 aliphatic heterocycles. The van der Waals surface area contributed by atoms with E-state index in [1.807, 2.05) is 116 Å². The topological polar surface area (TPSA) is 214 Å². The summed E-state index contributed by atoms with van der Waals surface area (Å²) in [6.45, 7) is 40.5. The summed E-state index contributed by atoms with van der Waals surface area (Å²) in [5.41, 5.74) is 0.855. The molecule has 2 aromatic rings. The average molecular weight is 1470 g/mol. The minimum Gasteiger partial charge on any atom is -0.444 e. The van der Waals surface area contributed by atoms with Crippen molar-refractivity contribution >= 4 is 32.6 Å². The highest BCUT2D eigenvalue weighted by atomic mass is 28.4. The third-order valence-corrected chi connectivity index (χ3v) is 31.9. The van der Waals surface area contributed by atoms with Gasteiger partial charge < -0.3 is 72.3 Å². The van der Waals surface area contributed by atoms with Gasteiger partial charge >= 0.3 is 12.1 Å². The van der Waals surface area contributed by atoms with Crippen LogP contribution >= 0.6 is 0 Å². The second kappa shape index (κ2) is 35.3. The molecule has 5 aliphatic carbocycles. The Hall–Kier alpha value is -4.12. The molecule has 7 aliphatic rings. The number of ether oxygens (including phenoxy) is 10. The number of aliphatic hydroxyl groups is 1. The van der Waals surface area contributed by atoms with Crippen molar-refractivity contribution in [2.75, 3.05) is 26.9 Å². The molecule has 18 nitrogen and oxygen atoms in total. The van der Waals surface area contributed by atoms with Crippen LogP contribution in [0.5, 0.6) is 0 Å². The van der Waals surface area contributed by atoms with Crippen LogP contribution in [0.25, 0.3) is 0 Å². The summed E-state index contributed by atoms with van der Waals surface area (Å²) in [6.07, 6.45) is 4.97. The molecular formula is C85H136N2O16Si. The van der Waals surface area contributed by atoms with Crippen molar-refractivity contribution in [1.82, 2.24) is 10.6 Å². The number of carbonyl (C=O) groups is 4. The number of unbranched alkanes of at least 4 members (excludes halogenated alkanes) is 2. The van der Waals surface area contributed by atoms with Crippen LogP contribution in [-0.4, -0.2) is 144 Å². The molecule has 0 aromatic heterocycles. The maximum absolute atomic E-state index is 16.4. The van der Waals surface area contributed by atoms with Crippen LogP contribution in [0, 0.1) is 68.0 Å². The fourth-order valence-electron chi connectivity index (χ4n) is 20.5. The molecule has 4 saturated carbocycles. The molecule has 22 atom stereocenters. The van der Waals surface area contributed by atoms with Gasteiger partial charge in [-0.25, -0.2) is 4.79 Å². The molecule has 104 heavy (non-hydrogen) atoms. The summed E-state index contributed by atoms with van der Waals surface area (Å²) in [5.74, 6) is -1.08. The molecule has 9 rings (SSSR count). The van der Waals surface area contributed by atoms with Gasteiger partial charge in [0.2, 0.25) is 12.2 Å². The highest BCUT2D eigenvalue weighted by Gasteiger charge is 2.71. The van der Waals surface area contributed by atoms with E-state index >= 15 is 4.79 Å². The van der Waals surface area contributed by atoms with Gasteiger partial charge in [-0.05, 0) is 186 Å². The van der Waals surface area contributed by atoms with Crippen molar-refractivity contribution in [3.8, 4) is 0 Å². The number of esters is 1. The molecule has 12 unspecified atom stereocenters. The third-order valence-electron chi connectivity index (χ3n) is 27.2. The Balaban J connectivity index is 0.997. The largest absolute Gasteiger partial charge is 0.444 e. The van der Waals surface area contributed by atoms with Crippen molar-refractivity contribution in [2.45, 2.75) is 332 Å². The van der Waals surface area contributed by atoms with E-state index in [1.54, 1.807) is 0 Å². The lowest BCUT2D eigenvalue weighted by Crippen LogP contribution is -2.66. The van der Waals surface area contributed by atoms with Crippen molar-refractivity contribution in [3.05, 3.63) is 83.4 Å². The van der Waals surface area contributed by atoms with E-state index in [0.29, 0.717) is 64.2 Å². The molecule has 2 heterocycles. The predicted molar refractivity (Wildman–Crippen MR) is 406 cm³/mol. The van der Waals surface area contributed by atoms with E-state index in [2.05, 4.69) is 85.9 Å². The van der Waals surface area contributed by atoms with Crippen LogP contribution in [0.2, 0.25) is 18.1 Å². The summed E-state index contributed by atoms with van der Waals surface area (Å²) < 4.78 is 74.2. The van der Waals surface area contributed by atoms with Crippen LogP contribution in [0.4, 0.5) is 4.79 Å². The summed E-state index contributed by atoms with van der Waals surface area (Å²) in [7, 11) is -0.499. The highest BCUT2D eigenvalue weighted by molar-refractivity contribution is 6.73. The van der Waals surface area contributed by atoms with Crippen LogP contribution in [0.1, 0.15) is 232 Å². The number of hydrogen-bond acceptors (Lipinski definition) is 16. The predicted octanol–water partition coefficient (Wildman–Crippen LogP) is 16.6. The van der Waals surface area contributed by atoms with Crippen molar-refractivity contribution in [1.29, 1.82) is 0 Å². The first-order valence-corrected chi connectivity index (χ1v) is 42.9. The number of benzene rings is 2. The molecule has 0 radical (unpaired) electrons. The number of carbonyl (C=O) groups excluding carboxylic acids is 4. The molecule has 2 amide bonds. The average Bonchev–Trinajstić information content (AvgIpc) is 0.675. The fraction of sp³-hybridized carbons (Fsp3) is 0.788. The van der Waals surface area contributed by atoms with Gasteiger partial charge in [-0.3, -0.25) is 9.59 Å². The molecular weight excluding hydrogens is 1330 g/mol. The number of alkyl carbamates (subject to hydrolysis) is 1. The van der Waals surface area contributed by atoms with Crippen LogP contribution in [0.15, 0.2) is 72.3 Å². The Kier molecular flexibility index (Phi) is 28.5. The number of allylic oxidation sites excluding steroid dienone is 2. The zero-order valence-electron chi connectivity index (χ0n) is 67.2. The van der Waals surface area contributed by atoms with E-state index in [0.717, 1.165) is 80.6 Å². The van der Waals surface area contributed by atoms with E-state index in [4.69, 9.17) is 51.8 Å². The molecule has 2 aromatic carbocycles. The number of aliphatic hydroxyl groups excluding tert-OH is 1. The lowest BCUT2D eigenvalue weighted by atomic mass is 9.33. The van der Waals surface area contributed by atoms with Crippen molar-refractivity contribution in [3.63, 3.8) is 0 Å². The fourth-order valence-corrected chi connectivity index (χ4v) is 23.5. The Morgan fingerprint density at radius 3 is 2.01 bits per heavy atom. The van der Waals surface area contributed by atoms with Gasteiger partial charge in [-0.1, -0.05) is 176 Å². The number of hydrogen-bond donors (Lipinski definition) is 3. The monoisotopic (exact) mass is 1470 g/mol. The smallest absolute Gasteiger partial charge is 0.407 e. The van der Waals surface area contributed by atoms with Gasteiger partial charge in [-0.2, -0.15) is 0 Å². The molecule has 586 valence electrons. The first-order valence-electron chi connectivity index (χ1n) is 40.3. The van der Waals surface area contributed by atoms with Crippen LogP contribution < -0.4 is 10.6 Å². The lowest BCUT2D eigenvalue weighted by Gasteiger charge is -2.71. The van der Waals surface area contributed by atoms with Crippen molar-refractivity contribution in [2.24, 2.45) is 68.0 Å². The van der Waals surface area contributed by atoms with E-state index < -0.39 is 98.3 Å². The third kappa shape index (κ3) is 18.0. The minimum absolute atomic E-state index is 0.0605. The first-order chi connectivity index (χ1) is 49.3. The van der Waals surface area contributed by atoms with E-state index in [9.17, 15) is 19.5 Å². The quantitative estimate of drug-likeness (QED) is 0.0151. The number of amides is 2. The number of methoxy groups -OCH3 is 1. The van der Waals surface area contributed by atoms with Gasteiger partial charge in [0.25, 0.3) is 0 Å². The Morgan fingerprint density at radius 1 is 0.750 bits per heavy atom. The van der Waals surface area contributed by atoms with Gasteiger partial charge in [0, 0.05) is 38.5 Å². The molecule has 6 fully saturated rings. The van der Waals surface area contributed by atoms with Crippen LogP contribution in [0.3, 0.4) is 0 Å². The van der Waals surface area contributed by atoms with Gasteiger partial charge in [0.1, 0.15) is 36.3 Å². The second-order valence-electron chi connectivity index (χ2n) is 35.4. The number of nitrogens with one attached hydrogen (secondary N) is 2. The maximum Gasteiger partial charge on any atom is 0.407 e. The van der Waals surface area contributed by atoms with E-state index in [-0.39, 0.29) is 89.1 Å². The van der Waals surface area contributed by atoms with Gasteiger partial charge in [0.05, 0.1) is 61.1 Å². The summed E-state index contributed by atoms with van der Waals surface area (Å²) in [4.78, 5) is 56.8. The number of rotatable bonds is 33. The number of aldehydes is 1. The van der Waals surface area contributed by atoms with E-state index in [1.165, 1.54) is 19.0 Å². The maximum atomic E-state index is 16.4. The number of fused-ring (bicyclic) bond motifs is 7. The molecule has 2 saturated heterocycles. The highest BCUT2D eigenvalue weighted by Crippen LogP contribution is 2.76. The Labute approximate surface area is 626 Å². The second-order valence-corrected chi connectivity index (χ2v) is 40.1. The van der Waals surface area contributed by atoms with Gasteiger partial charge in [0.15, 0.2) is 20.9 Å². The summed E-state index contributed by atoms with van der Waals surface area (Å²) in [5, 5.41) is 19.2. The molecule has 0 spiro atoms.